The highest BCUT2D eigenvalue weighted by Crippen LogP contribution is 2.19. The fourth-order valence-electron chi connectivity index (χ4n) is 2.99. The van der Waals surface area contributed by atoms with Crippen LogP contribution in [0.15, 0.2) is 59.4 Å². The number of nitrogens with zero attached hydrogens (tertiary/aromatic N) is 4. The van der Waals surface area contributed by atoms with E-state index in [0.717, 1.165) is 16.7 Å². The normalized spacial score (nSPS) is 11.2. The van der Waals surface area contributed by atoms with Gasteiger partial charge in [-0.2, -0.15) is 0 Å². The lowest BCUT2D eigenvalue weighted by Gasteiger charge is -2.20. The number of benzene rings is 1. The molecule has 25 heavy (non-hydrogen) atoms. The first kappa shape index (κ1) is 15.4. The molecule has 1 amide bonds. The zero-order valence-corrected chi connectivity index (χ0v) is 13.9. The largest absolute Gasteiger partial charge is 0.356 e. The summed E-state index contributed by atoms with van der Waals surface area (Å²) in [6, 6.07) is 13.4. The van der Waals surface area contributed by atoms with Crippen LogP contribution in [0.5, 0.6) is 0 Å². The van der Waals surface area contributed by atoms with Gasteiger partial charge in [0.15, 0.2) is 5.58 Å². The van der Waals surface area contributed by atoms with E-state index in [1.807, 2.05) is 66.2 Å². The molecule has 6 nitrogen and oxygen atoms in total. The van der Waals surface area contributed by atoms with E-state index in [9.17, 15) is 4.79 Å². The van der Waals surface area contributed by atoms with E-state index in [1.165, 1.54) is 0 Å². The second-order valence-electron chi connectivity index (χ2n) is 5.89. The lowest BCUT2D eigenvalue weighted by atomic mass is 10.1. The molecule has 0 radical (unpaired) electrons. The molecule has 0 aliphatic heterocycles. The van der Waals surface area contributed by atoms with Gasteiger partial charge in [0, 0.05) is 18.1 Å². The summed E-state index contributed by atoms with van der Waals surface area (Å²) in [4.78, 5) is 18.9. The Morgan fingerprint density at radius 3 is 2.92 bits per heavy atom. The molecule has 0 spiro atoms. The number of carbonyl (C=O) groups is 1. The van der Waals surface area contributed by atoms with Crippen molar-refractivity contribution in [1.82, 2.24) is 19.4 Å². The van der Waals surface area contributed by atoms with E-state index < -0.39 is 0 Å². The first-order chi connectivity index (χ1) is 12.3. The average molecular weight is 334 g/mol. The number of rotatable bonds is 5. The molecule has 4 aromatic rings. The predicted octanol–water partition coefficient (Wildman–Crippen LogP) is 3.07. The van der Waals surface area contributed by atoms with Gasteiger partial charge in [-0.05, 0) is 31.2 Å². The molecule has 0 fully saturated rings. The third-order valence-electron chi connectivity index (χ3n) is 4.35. The summed E-state index contributed by atoms with van der Waals surface area (Å²) in [5.41, 5.74) is 3.24. The highest BCUT2D eigenvalue weighted by atomic mass is 16.5. The van der Waals surface area contributed by atoms with Crippen molar-refractivity contribution in [1.29, 1.82) is 0 Å². The van der Waals surface area contributed by atoms with Crippen LogP contribution in [0, 0.1) is 0 Å². The number of amides is 1. The Hall–Kier alpha value is -3.15. The van der Waals surface area contributed by atoms with E-state index in [2.05, 4.69) is 10.1 Å². The minimum atomic E-state index is 0.0208. The SMILES string of the molecule is CCN(Cc1cnc2ccccn12)C(=O)Cc1noc2ccccc12. The van der Waals surface area contributed by atoms with Crippen molar-refractivity contribution in [3.63, 3.8) is 0 Å². The smallest absolute Gasteiger partial charge is 0.229 e. The maximum Gasteiger partial charge on any atom is 0.229 e. The van der Waals surface area contributed by atoms with Crippen molar-refractivity contribution >= 4 is 22.5 Å². The lowest BCUT2D eigenvalue weighted by molar-refractivity contribution is -0.131. The highest BCUT2D eigenvalue weighted by Gasteiger charge is 2.18. The van der Waals surface area contributed by atoms with Gasteiger partial charge >= 0.3 is 0 Å². The third kappa shape index (κ3) is 2.87. The number of hydrogen-bond acceptors (Lipinski definition) is 4. The number of imidazole rings is 1. The molecule has 0 aliphatic rings. The molecule has 1 aromatic carbocycles. The Morgan fingerprint density at radius 2 is 2.04 bits per heavy atom. The Kier molecular flexibility index (Phi) is 3.93. The monoisotopic (exact) mass is 334 g/mol. The minimum Gasteiger partial charge on any atom is -0.356 e. The second kappa shape index (κ2) is 6.39. The van der Waals surface area contributed by atoms with Gasteiger partial charge in [0.25, 0.3) is 0 Å². The van der Waals surface area contributed by atoms with Crippen molar-refractivity contribution < 1.29 is 9.32 Å². The summed E-state index contributed by atoms with van der Waals surface area (Å²) in [5.74, 6) is 0.0208. The van der Waals surface area contributed by atoms with E-state index in [0.29, 0.717) is 24.4 Å². The molecule has 0 saturated heterocycles. The van der Waals surface area contributed by atoms with Gasteiger partial charge in [-0.3, -0.25) is 4.79 Å². The number of carbonyl (C=O) groups excluding carboxylic acids is 1. The summed E-state index contributed by atoms with van der Waals surface area (Å²) >= 11 is 0. The number of aromatic nitrogens is 3. The number of likely N-dealkylation sites (N-methyl/N-ethyl adjacent to an activating group) is 1. The lowest BCUT2D eigenvalue weighted by Crippen LogP contribution is -2.32. The molecule has 0 unspecified atom stereocenters. The fourth-order valence-corrected chi connectivity index (χ4v) is 2.99. The average Bonchev–Trinajstić information content (AvgIpc) is 3.24. The number of hydrogen-bond donors (Lipinski definition) is 0. The van der Waals surface area contributed by atoms with Crippen molar-refractivity contribution in [3.8, 4) is 0 Å². The van der Waals surface area contributed by atoms with Gasteiger partial charge in [0.2, 0.25) is 5.91 Å². The van der Waals surface area contributed by atoms with Gasteiger partial charge < -0.3 is 13.8 Å². The molecule has 3 heterocycles. The zero-order valence-electron chi connectivity index (χ0n) is 13.9. The second-order valence-corrected chi connectivity index (χ2v) is 5.89. The molecule has 6 heteroatoms. The molecule has 126 valence electrons. The van der Waals surface area contributed by atoms with Gasteiger partial charge in [0.1, 0.15) is 11.3 Å². The quantitative estimate of drug-likeness (QED) is 0.563. The highest BCUT2D eigenvalue weighted by molar-refractivity contribution is 5.86. The Bertz CT molecular complexity index is 1030. The standard InChI is InChI=1S/C19H18N4O2/c1-2-22(13-14-12-20-18-9-5-6-10-23(14)18)19(24)11-16-15-7-3-4-8-17(15)25-21-16/h3-10,12H,2,11,13H2,1H3. The topological polar surface area (TPSA) is 63.6 Å². The van der Waals surface area contributed by atoms with Gasteiger partial charge in [-0.25, -0.2) is 4.98 Å². The molecule has 0 atom stereocenters. The maximum atomic E-state index is 12.8. The summed E-state index contributed by atoms with van der Waals surface area (Å²) < 4.78 is 7.29. The van der Waals surface area contributed by atoms with Crippen LogP contribution >= 0.6 is 0 Å². The zero-order chi connectivity index (χ0) is 17.2. The molecular weight excluding hydrogens is 316 g/mol. The van der Waals surface area contributed by atoms with E-state index in [1.54, 1.807) is 4.90 Å². The van der Waals surface area contributed by atoms with Gasteiger partial charge in [-0.1, -0.05) is 23.4 Å². The van der Waals surface area contributed by atoms with Gasteiger partial charge in [0.05, 0.1) is 24.9 Å². The molecule has 3 aromatic heterocycles. The van der Waals surface area contributed by atoms with Crippen molar-refractivity contribution in [3.05, 3.63) is 66.2 Å². The predicted molar refractivity (Wildman–Crippen MR) is 94.0 cm³/mol. The first-order valence-electron chi connectivity index (χ1n) is 8.28. The molecule has 4 rings (SSSR count). The van der Waals surface area contributed by atoms with E-state index in [4.69, 9.17) is 4.52 Å². The summed E-state index contributed by atoms with van der Waals surface area (Å²) in [6.45, 7) is 3.10. The first-order valence-corrected chi connectivity index (χ1v) is 8.28. The Balaban J connectivity index is 1.55. The van der Waals surface area contributed by atoms with Crippen LogP contribution in [0.2, 0.25) is 0 Å². The Morgan fingerprint density at radius 1 is 1.20 bits per heavy atom. The van der Waals surface area contributed by atoms with Crippen molar-refractivity contribution in [2.45, 2.75) is 19.9 Å². The molecule has 0 bridgehead atoms. The molecule has 0 N–H and O–H groups in total. The van der Waals surface area contributed by atoms with Crippen LogP contribution in [0.3, 0.4) is 0 Å². The molecule has 0 saturated carbocycles. The van der Waals surface area contributed by atoms with Crippen LogP contribution in [0.4, 0.5) is 0 Å². The van der Waals surface area contributed by atoms with E-state index in [-0.39, 0.29) is 12.3 Å². The summed E-state index contributed by atoms with van der Waals surface area (Å²) in [5, 5.41) is 4.95. The van der Waals surface area contributed by atoms with Gasteiger partial charge in [-0.15, -0.1) is 0 Å². The maximum absolute atomic E-state index is 12.8. The van der Waals surface area contributed by atoms with Crippen LogP contribution in [-0.4, -0.2) is 31.9 Å². The van der Waals surface area contributed by atoms with Crippen molar-refractivity contribution in [2.75, 3.05) is 6.54 Å². The molecular formula is C19H18N4O2. The van der Waals surface area contributed by atoms with Crippen LogP contribution in [0.1, 0.15) is 18.3 Å². The summed E-state index contributed by atoms with van der Waals surface area (Å²) in [7, 11) is 0. The number of pyridine rings is 1. The van der Waals surface area contributed by atoms with Crippen LogP contribution in [0.25, 0.3) is 16.6 Å². The third-order valence-corrected chi connectivity index (χ3v) is 4.35. The van der Waals surface area contributed by atoms with Crippen molar-refractivity contribution in [2.24, 2.45) is 0 Å². The summed E-state index contributed by atoms with van der Waals surface area (Å²) in [6.07, 6.45) is 4.00. The number of fused-ring (bicyclic) bond motifs is 2. The Labute approximate surface area is 144 Å². The van der Waals surface area contributed by atoms with Crippen LogP contribution in [-0.2, 0) is 17.8 Å². The van der Waals surface area contributed by atoms with E-state index >= 15 is 0 Å². The minimum absolute atomic E-state index is 0.0208. The molecule has 0 aliphatic carbocycles. The number of para-hydroxylation sites is 1. The fraction of sp³-hybridized carbons (Fsp3) is 0.211. The van der Waals surface area contributed by atoms with Crippen LogP contribution < -0.4 is 0 Å².